The molecule has 0 N–H and O–H groups in total. The highest BCUT2D eigenvalue weighted by molar-refractivity contribution is 5.63. The van der Waals surface area contributed by atoms with Gasteiger partial charge in [-0.2, -0.15) is 0 Å². The molecule has 1 aliphatic rings. The van der Waals surface area contributed by atoms with Gasteiger partial charge < -0.3 is 9.59 Å². The van der Waals surface area contributed by atoms with Crippen LogP contribution in [0.3, 0.4) is 0 Å². The predicted octanol–water partition coefficient (Wildman–Crippen LogP) is 3.55. The summed E-state index contributed by atoms with van der Waals surface area (Å²) >= 11 is 0. The average Bonchev–Trinajstić information content (AvgIpc) is 2.78. The summed E-state index contributed by atoms with van der Waals surface area (Å²) in [7, 11) is 0. The maximum Gasteiger partial charge on any atom is 0.126 e. The van der Waals surface area contributed by atoms with Crippen LogP contribution in [0.2, 0.25) is 0 Å². The van der Waals surface area contributed by atoms with Gasteiger partial charge in [-0.05, 0) is 44.9 Å². The molecule has 0 aromatic rings. The monoisotopic (exact) mass is 236 g/mol. The van der Waals surface area contributed by atoms with Crippen molar-refractivity contribution in [2.24, 2.45) is 17.3 Å². The Bertz CT molecular complexity index is 283. The molecule has 2 nitrogen and oxygen atoms in total. The molecule has 0 radical (unpaired) electrons. The molecule has 17 heavy (non-hydrogen) atoms. The lowest BCUT2D eigenvalue weighted by Crippen LogP contribution is -2.32. The molecule has 1 saturated carbocycles. The van der Waals surface area contributed by atoms with Crippen molar-refractivity contribution >= 4 is 12.6 Å². The van der Waals surface area contributed by atoms with Crippen molar-refractivity contribution in [1.82, 2.24) is 0 Å². The van der Waals surface area contributed by atoms with Crippen molar-refractivity contribution < 1.29 is 9.59 Å². The maximum absolute atomic E-state index is 11.5. The first-order valence-electron chi connectivity index (χ1n) is 6.73. The Hall–Kier alpha value is -0.920. The second kappa shape index (κ2) is 6.73. The fourth-order valence-electron chi connectivity index (χ4n) is 3.24. The zero-order valence-electron chi connectivity index (χ0n) is 11.0. The number of rotatable bonds is 7. The molecule has 0 spiro atoms. The maximum atomic E-state index is 11.5. The summed E-state index contributed by atoms with van der Waals surface area (Å²) in [5, 5.41) is 0. The highest BCUT2D eigenvalue weighted by atomic mass is 16.1. The van der Waals surface area contributed by atoms with Gasteiger partial charge in [-0.25, -0.2) is 0 Å². The molecule has 1 aliphatic carbocycles. The number of hydrogen-bond acceptors (Lipinski definition) is 2. The number of unbranched alkanes of at least 4 members (excludes halogenated alkanes) is 1. The lowest BCUT2D eigenvalue weighted by molar-refractivity contribution is -0.121. The minimum Gasteiger partial charge on any atom is -0.303 e. The average molecular weight is 236 g/mol. The van der Waals surface area contributed by atoms with Crippen molar-refractivity contribution in [2.75, 3.05) is 0 Å². The van der Waals surface area contributed by atoms with Crippen LogP contribution in [0, 0.1) is 17.3 Å². The van der Waals surface area contributed by atoms with Crippen molar-refractivity contribution in [3.63, 3.8) is 0 Å². The Morgan fingerprint density at radius 1 is 1.41 bits per heavy atom. The van der Waals surface area contributed by atoms with Crippen LogP contribution in [0.1, 0.15) is 52.4 Å². The molecule has 3 atom stereocenters. The normalized spacial score (nSPS) is 30.6. The van der Waals surface area contributed by atoms with E-state index in [1.807, 2.05) is 19.9 Å². The van der Waals surface area contributed by atoms with Crippen molar-refractivity contribution in [1.29, 1.82) is 0 Å². The third-order valence-electron chi connectivity index (χ3n) is 4.23. The van der Waals surface area contributed by atoms with Crippen LogP contribution in [-0.2, 0) is 9.59 Å². The molecule has 96 valence electrons. The third kappa shape index (κ3) is 3.27. The quantitative estimate of drug-likeness (QED) is 0.385. The van der Waals surface area contributed by atoms with E-state index in [0.29, 0.717) is 0 Å². The predicted molar refractivity (Wildman–Crippen MR) is 69.7 cm³/mol. The van der Waals surface area contributed by atoms with E-state index in [4.69, 9.17) is 0 Å². The second-order valence-electron chi connectivity index (χ2n) is 5.31. The molecule has 0 unspecified atom stereocenters. The van der Waals surface area contributed by atoms with E-state index in [2.05, 4.69) is 6.08 Å². The molecule has 2 heteroatoms. The van der Waals surface area contributed by atoms with E-state index in [1.165, 1.54) is 0 Å². The number of aldehydes is 2. The summed E-state index contributed by atoms with van der Waals surface area (Å²) in [5.74, 6) is 0.285. The van der Waals surface area contributed by atoms with Crippen LogP contribution in [0.5, 0.6) is 0 Å². The zero-order chi connectivity index (χ0) is 12.7. The van der Waals surface area contributed by atoms with E-state index < -0.39 is 0 Å². The van der Waals surface area contributed by atoms with Crippen molar-refractivity contribution in [2.45, 2.75) is 52.4 Å². The molecular weight excluding hydrogens is 212 g/mol. The van der Waals surface area contributed by atoms with Crippen molar-refractivity contribution in [3.05, 3.63) is 12.2 Å². The van der Waals surface area contributed by atoms with E-state index >= 15 is 0 Å². The minimum atomic E-state index is -0.220. The number of hydrogen-bond donors (Lipinski definition) is 0. The number of carbonyl (C=O) groups excluding carboxylic acids is 2. The van der Waals surface area contributed by atoms with Crippen LogP contribution >= 0.6 is 0 Å². The lowest BCUT2D eigenvalue weighted by Gasteiger charge is -2.32. The molecule has 1 rings (SSSR count). The van der Waals surface area contributed by atoms with Crippen LogP contribution < -0.4 is 0 Å². The van der Waals surface area contributed by atoms with Crippen molar-refractivity contribution in [3.8, 4) is 0 Å². The summed E-state index contributed by atoms with van der Waals surface area (Å²) in [6.45, 7) is 3.97. The van der Waals surface area contributed by atoms with Gasteiger partial charge in [0.1, 0.15) is 12.6 Å². The van der Waals surface area contributed by atoms with Gasteiger partial charge in [0.25, 0.3) is 0 Å². The summed E-state index contributed by atoms with van der Waals surface area (Å²) in [5.41, 5.74) is -0.220. The van der Waals surface area contributed by atoms with Gasteiger partial charge in [0.2, 0.25) is 0 Å². The Kier molecular flexibility index (Phi) is 5.60. The smallest absolute Gasteiger partial charge is 0.126 e. The first-order valence-corrected chi connectivity index (χ1v) is 6.73. The van der Waals surface area contributed by atoms with E-state index in [0.717, 1.165) is 51.1 Å². The van der Waals surface area contributed by atoms with Gasteiger partial charge in [0.05, 0.1) is 0 Å². The molecule has 0 aromatic carbocycles. The topological polar surface area (TPSA) is 34.1 Å². The first kappa shape index (κ1) is 14.1. The fourth-order valence-corrected chi connectivity index (χ4v) is 3.24. The third-order valence-corrected chi connectivity index (χ3v) is 4.23. The first-order chi connectivity index (χ1) is 8.20. The van der Waals surface area contributed by atoms with Crippen LogP contribution in [0.15, 0.2) is 12.2 Å². The minimum absolute atomic E-state index is 0.0180. The number of allylic oxidation sites excluding steroid dienone is 2. The number of carbonyl (C=O) groups is 2. The second-order valence-corrected chi connectivity index (χ2v) is 5.31. The highest BCUT2D eigenvalue weighted by Gasteiger charge is 2.44. The van der Waals surface area contributed by atoms with Gasteiger partial charge in [0.15, 0.2) is 0 Å². The van der Waals surface area contributed by atoms with E-state index in [9.17, 15) is 9.59 Å². The van der Waals surface area contributed by atoms with Gasteiger partial charge in [-0.3, -0.25) is 0 Å². The van der Waals surface area contributed by atoms with Crippen LogP contribution in [0.4, 0.5) is 0 Å². The SMILES string of the molecule is C/C=C/CCC[C@]1(C=O)CCC[C@H]1[C@@H](C)C=O. The molecular formula is C15H24O2. The van der Waals surface area contributed by atoms with Gasteiger partial charge in [-0.15, -0.1) is 0 Å². The lowest BCUT2D eigenvalue weighted by atomic mass is 9.70. The largest absolute Gasteiger partial charge is 0.303 e. The summed E-state index contributed by atoms with van der Waals surface area (Å²) in [6, 6.07) is 0. The fraction of sp³-hybridized carbons (Fsp3) is 0.733. The molecule has 0 heterocycles. The summed E-state index contributed by atoms with van der Waals surface area (Å²) < 4.78 is 0. The Morgan fingerprint density at radius 3 is 2.76 bits per heavy atom. The zero-order valence-corrected chi connectivity index (χ0v) is 11.0. The van der Waals surface area contributed by atoms with Gasteiger partial charge in [-0.1, -0.05) is 25.5 Å². The van der Waals surface area contributed by atoms with E-state index in [-0.39, 0.29) is 17.3 Å². The van der Waals surface area contributed by atoms with Crippen LogP contribution in [0.25, 0.3) is 0 Å². The van der Waals surface area contributed by atoms with Gasteiger partial charge in [0, 0.05) is 11.3 Å². The standard InChI is InChI=1S/C15H24O2/c1-3-4-5-6-9-15(12-17)10-7-8-14(15)13(2)11-16/h3-4,11-14H,5-10H2,1-2H3/b4-3+/t13-,14-,15+/m0/s1. The Balaban J connectivity index is 2.64. The Morgan fingerprint density at radius 2 is 2.18 bits per heavy atom. The molecule has 0 saturated heterocycles. The molecule has 1 fully saturated rings. The summed E-state index contributed by atoms with van der Waals surface area (Å²) in [6.07, 6.45) is 12.5. The van der Waals surface area contributed by atoms with Gasteiger partial charge >= 0.3 is 0 Å². The molecule has 0 aromatic heterocycles. The summed E-state index contributed by atoms with van der Waals surface area (Å²) in [4.78, 5) is 22.4. The van der Waals surface area contributed by atoms with Crippen LogP contribution in [-0.4, -0.2) is 12.6 Å². The molecule has 0 amide bonds. The van der Waals surface area contributed by atoms with E-state index in [1.54, 1.807) is 0 Å². The highest BCUT2D eigenvalue weighted by Crippen LogP contribution is 2.48. The molecule has 0 aliphatic heterocycles. The Labute approximate surface area is 104 Å². The molecule has 0 bridgehead atoms.